The Kier molecular flexibility index (Phi) is 3.25. The smallest absolute Gasteiger partial charge is 0.243 e. The average Bonchev–Trinajstić information content (AvgIpc) is 2.49. The number of aliphatic hydroxyl groups excluding tert-OH is 1. The second-order valence-corrected chi connectivity index (χ2v) is 4.82. The number of hydrogen-bond acceptors (Lipinski definition) is 4. The second kappa shape index (κ2) is 4.07. The molecule has 1 atom stereocenters. The van der Waals surface area contributed by atoms with Gasteiger partial charge in [-0.2, -0.15) is 5.10 Å². The molecule has 0 fully saturated rings. The highest BCUT2D eigenvalue weighted by molar-refractivity contribution is 7.89. The molecule has 6 nitrogen and oxygen atoms in total. The van der Waals surface area contributed by atoms with Crippen molar-refractivity contribution in [2.45, 2.75) is 17.9 Å². The Morgan fingerprint density at radius 3 is 2.79 bits per heavy atom. The maximum absolute atomic E-state index is 11.5. The van der Waals surface area contributed by atoms with Crippen LogP contribution >= 0.6 is 0 Å². The van der Waals surface area contributed by atoms with Gasteiger partial charge in [0.15, 0.2) is 0 Å². The van der Waals surface area contributed by atoms with Crippen LogP contribution < -0.4 is 4.72 Å². The monoisotopic (exact) mass is 219 g/mol. The SMILES string of the molecule is C[C@@H](O)CNS(=O)(=O)c1cnn(C)c1. The summed E-state index contributed by atoms with van der Waals surface area (Å²) in [6.07, 6.45) is 1.94. The van der Waals surface area contributed by atoms with E-state index in [0.29, 0.717) is 0 Å². The van der Waals surface area contributed by atoms with Crippen molar-refractivity contribution >= 4 is 10.0 Å². The summed E-state index contributed by atoms with van der Waals surface area (Å²) < 4.78 is 26.6. The van der Waals surface area contributed by atoms with Gasteiger partial charge >= 0.3 is 0 Å². The van der Waals surface area contributed by atoms with Crippen LogP contribution in [0.2, 0.25) is 0 Å². The zero-order chi connectivity index (χ0) is 10.8. The number of nitrogens with one attached hydrogen (secondary N) is 1. The first kappa shape index (κ1) is 11.2. The molecule has 0 spiro atoms. The van der Waals surface area contributed by atoms with Gasteiger partial charge in [-0.05, 0) is 6.92 Å². The van der Waals surface area contributed by atoms with Crippen LogP contribution in [0, 0.1) is 0 Å². The van der Waals surface area contributed by atoms with Gasteiger partial charge in [-0.1, -0.05) is 0 Å². The van der Waals surface area contributed by atoms with Gasteiger partial charge in [-0.3, -0.25) is 4.68 Å². The van der Waals surface area contributed by atoms with Crippen LogP contribution in [0.5, 0.6) is 0 Å². The lowest BCUT2D eigenvalue weighted by molar-refractivity contribution is 0.198. The van der Waals surface area contributed by atoms with Gasteiger partial charge in [0.25, 0.3) is 0 Å². The van der Waals surface area contributed by atoms with E-state index >= 15 is 0 Å². The highest BCUT2D eigenvalue weighted by Gasteiger charge is 2.15. The van der Waals surface area contributed by atoms with Gasteiger partial charge < -0.3 is 5.11 Å². The first-order valence-corrected chi connectivity index (χ1v) is 5.56. The summed E-state index contributed by atoms with van der Waals surface area (Å²) in [5.74, 6) is 0. The van der Waals surface area contributed by atoms with E-state index in [2.05, 4.69) is 9.82 Å². The van der Waals surface area contributed by atoms with Gasteiger partial charge in [0.2, 0.25) is 10.0 Å². The maximum atomic E-state index is 11.5. The third kappa shape index (κ3) is 2.79. The lowest BCUT2D eigenvalue weighted by Crippen LogP contribution is -2.30. The molecule has 1 aromatic heterocycles. The van der Waals surface area contributed by atoms with Gasteiger partial charge in [0.05, 0.1) is 12.3 Å². The summed E-state index contributed by atoms with van der Waals surface area (Å²) in [6, 6.07) is 0. The van der Waals surface area contributed by atoms with Gasteiger partial charge in [0, 0.05) is 19.8 Å². The molecule has 0 saturated heterocycles. The lowest BCUT2D eigenvalue weighted by Gasteiger charge is -2.05. The van der Waals surface area contributed by atoms with Crippen molar-refractivity contribution in [2.75, 3.05) is 6.54 Å². The van der Waals surface area contributed by atoms with Crippen LogP contribution in [0.15, 0.2) is 17.3 Å². The van der Waals surface area contributed by atoms with E-state index in [4.69, 9.17) is 5.11 Å². The van der Waals surface area contributed by atoms with Crippen molar-refractivity contribution in [1.29, 1.82) is 0 Å². The maximum Gasteiger partial charge on any atom is 0.243 e. The van der Waals surface area contributed by atoms with Crippen molar-refractivity contribution in [1.82, 2.24) is 14.5 Å². The van der Waals surface area contributed by atoms with E-state index in [9.17, 15) is 8.42 Å². The van der Waals surface area contributed by atoms with Crippen LogP contribution in [-0.4, -0.2) is 36.0 Å². The Labute approximate surface area is 82.6 Å². The third-order valence-electron chi connectivity index (χ3n) is 1.56. The van der Waals surface area contributed by atoms with Crippen molar-refractivity contribution < 1.29 is 13.5 Å². The summed E-state index contributed by atoms with van der Waals surface area (Å²) >= 11 is 0. The Morgan fingerprint density at radius 1 is 1.71 bits per heavy atom. The number of nitrogens with zero attached hydrogens (tertiary/aromatic N) is 2. The van der Waals surface area contributed by atoms with E-state index in [1.807, 2.05) is 0 Å². The molecule has 0 saturated carbocycles. The van der Waals surface area contributed by atoms with Crippen LogP contribution in [0.3, 0.4) is 0 Å². The zero-order valence-electron chi connectivity index (χ0n) is 8.01. The van der Waals surface area contributed by atoms with E-state index in [1.165, 1.54) is 24.0 Å². The zero-order valence-corrected chi connectivity index (χ0v) is 8.82. The van der Waals surface area contributed by atoms with Crippen LogP contribution in [0.1, 0.15) is 6.92 Å². The Morgan fingerprint density at radius 2 is 2.36 bits per heavy atom. The number of aryl methyl sites for hydroxylation is 1. The fourth-order valence-electron chi connectivity index (χ4n) is 0.851. The number of hydrogen-bond donors (Lipinski definition) is 2. The number of rotatable bonds is 4. The molecular weight excluding hydrogens is 206 g/mol. The molecule has 0 bridgehead atoms. The third-order valence-corrected chi connectivity index (χ3v) is 2.94. The largest absolute Gasteiger partial charge is 0.392 e. The molecule has 0 radical (unpaired) electrons. The highest BCUT2D eigenvalue weighted by atomic mass is 32.2. The molecule has 14 heavy (non-hydrogen) atoms. The van der Waals surface area contributed by atoms with E-state index in [0.717, 1.165) is 0 Å². The van der Waals surface area contributed by atoms with Crippen molar-refractivity contribution in [3.63, 3.8) is 0 Å². The molecule has 0 aliphatic heterocycles. The first-order chi connectivity index (χ1) is 6.42. The molecule has 2 N–H and O–H groups in total. The molecule has 0 amide bonds. The van der Waals surface area contributed by atoms with Crippen molar-refractivity contribution in [2.24, 2.45) is 7.05 Å². The summed E-state index contributed by atoms with van der Waals surface area (Å²) in [5, 5.41) is 12.7. The van der Waals surface area contributed by atoms with Gasteiger partial charge in [-0.25, -0.2) is 13.1 Å². The van der Waals surface area contributed by atoms with Gasteiger partial charge in [-0.15, -0.1) is 0 Å². The average molecular weight is 219 g/mol. The Bertz CT molecular complexity index is 396. The molecule has 0 unspecified atom stereocenters. The lowest BCUT2D eigenvalue weighted by atomic mass is 10.4. The standard InChI is InChI=1S/C7H13N3O3S/c1-6(11)3-9-14(12,13)7-4-8-10(2)5-7/h4-6,9,11H,3H2,1-2H3/t6-/m1/s1. The molecule has 1 heterocycles. The summed E-state index contributed by atoms with van der Waals surface area (Å²) in [4.78, 5) is 0.0978. The molecule has 0 aliphatic carbocycles. The molecule has 0 aromatic carbocycles. The highest BCUT2D eigenvalue weighted by Crippen LogP contribution is 2.05. The second-order valence-electron chi connectivity index (χ2n) is 3.05. The first-order valence-electron chi connectivity index (χ1n) is 4.08. The minimum absolute atomic E-state index is 0.00275. The van der Waals surface area contributed by atoms with E-state index in [1.54, 1.807) is 7.05 Å². The normalized spacial score (nSPS) is 14.2. The van der Waals surface area contributed by atoms with Crippen LogP contribution in [-0.2, 0) is 17.1 Å². The fraction of sp³-hybridized carbons (Fsp3) is 0.571. The topological polar surface area (TPSA) is 84.2 Å². The molecule has 1 rings (SSSR count). The fourth-order valence-corrected chi connectivity index (χ4v) is 1.96. The molecule has 0 aliphatic rings. The summed E-state index contributed by atoms with van der Waals surface area (Å²) in [7, 11) is -1.90. The minimum atomic E-state index is -3.53. The quantitative estimate of drug-likeness (QED) is 0.686. The molecule has 80 valence electrons. The molecule has 7 heteroatoms. The van der Waals surface area contributed by atoms with Crippen molar-refractivity contribution in [3.8, 4) is 0 Å². The molecular formula is C7H13N3O3S. The minimum Gasteiger partial charge on any atom is -0.392 e. The van der Waals surface area contributed by atoms with Crippen LogP contribution in [0.4, 0.5) is 0 Å². The van der Waals surface area contributed by atoms with Crippen LogP contribution in [0.25, 0.3) is 0 Å². The van der Waals surface area contributed by atoms with E-state index < -0.39 is 16.1 Å². The summed E-state index contributed by atoms with van der Waals surface area (Å²) in [6.45, 7) is 1.50. The predicted octanol–water partition coefficient (Wildman–Crippen LogP) is -0.921. The number of sulfonamides is 1. The van der Waals surface area contributed by atoms with Gasteiger partial charge in [0.1, 0.15) is 4.90 Å². The summed E-state index contributed by atoms with van der Waals surface area (Å²) in [5.41, 5.74) is 0. The Balaban J connectivity index is 2.76. The molecule has 1 aromatic rings. The van der Waals surface area contributed by atoms with E-state index in [-0.39, 0.29) is 11.4 Å². The van der Waals surface area contributed by atoms with Crippen molar-refractivity contribution in [3.05, 3.63) is 12.4 Å². The number of aliphatic hydroxyl groups is 1. The number of aromatic nitrogens is 2. The Hall–Kier alpha value is -0.920. The predicted molar refractivity (Wildman–Crippen MR) is 50.1 cm³/mol.